The Kier molecular flexibility index (Phi) is 4.24. The van der Waals surface area contributed by atoms with Crippen LogP contribution in [0.4, 0.5) is 0 Å². The van der Waals surface area contributed by atoms with Crippen molar-refractivity contribution >= 4 is 43.6 Å². The van der Waals surface area contributed by atoms with Crippen LogP contribution < -0.4 is 0 Å². The average molecular weight is 459 g/mol. The molecule has 36 heavy (non-hydrogen) atoms. The molecule has 0 amide bonds. The lowest BCUT2D eigenvalue weighted by molar-refractivity contribution is 1.17. The van der Waals surface area contributed by atoms with Crippen molar-refractivity contribution in [1.29, 1.82) is 10.5 Å². The lowest BCUT2D eigenvalue weighted by atomic mass is 10.1. The van der Waals surface area contributed by atoms with Crippen molar-refractivity contribution in [2.75, 3.05) is 0 Å². The lowest BCUT2D eigenvalue weighted by Gasteiger charge is -2.10. The van der Waals surface area contributed by atoms with Gasteiger partial charge in [-0.1, -0.05) is 60.7 Å². The number of hydrogen-bond acceptors (Lipinski definition) is 2. The summed E-state index contributed by atoms with van der Waals surface area (Å²) in [5.74, 6) is 0. The number of nitrogens with zero attached hydrogens (tertiary/aromatic N) is 4. The average Bonchev–Trinajstić information content (AvgIpc) is 3.46. The standard InChI is InChI=1S/C32H18N4/c33-19-21-16-22(20-34)18-24(17-21)35-29-13-7-5-11-27(29)31-30(35)15-14-26-25-10-4-6-12-28(25)36(32(26)31)23-8-2-1-3-9-23/h1-18H. The number of para-hydroxylation sites is 3. The van der Waals surface area contributed by atoms with Crippen LogP contribution in [0.1, 0.15) is 11.1 Å². The number of rotatable bonds is 2. The van der Waals surface area contributed by atoms with E-state index in [1.54, 1.807) is 6.07 Å². The summed E-state index contributed by atoms with van der Waals surface area (Å²) in [6.45, 7) is 0. The Hall–Kier alpha value is -5.32. The zero-order valence-electron chi connectivity index (χ0n) is 19.2. The second-order valence-corrected chi connectivity index (χ2v) is 8.89. The van der Waals surface area contributed by atoms with Gasteiger partial charge in [-0.2, -0.15) is 10.5 Å². The van der Waals surface area contributed by atoms with Gasteiger partial charge in [0.2, 0.25) is 0 Å². The van der Waals surface area contributed by atoms with E-state index in [1.807, 2.05) is 24.3 Å². The first-order valence-corrected chi connectivity index (χ1v) is 11.7. The van der Waals surface area contributed by atoms with Gasteiger partial charge in [0.15, 0.2) is 0 Å². The van der Waals surface area contributed by atoms with Gasteiger partial charge in [0.1, 0.15) is 0 Å². The first-order valence-electron chi connectivity index (χ1n) is 11.7. The fourth-order valence-electron chi connectivity index (χ4n) is 5.50. The van der Waals surface area contributed by atoms with Gasteiger partial charge in [-0.05, 0) is 48.5 Å². The first kappa shape index (κ1) is 20.1. The van der Waals surface area contributed by atoms with Gasteiger partial charge >= 0.3 is 0 Å². The van der Waals surface area contributed by atoms with Gasteiger partial charge in [-0.25, -0.2) is 0 Å². The molecule has 0 radical (unpaired) electrons. The molecule has 0 fully saturated rings. The lowest BCUT2D eigenvalue weighted by Crippen LogP contribution is -1.96. The summed E-state index contributed by atoms with van der Waals surface area (Å²) in [6, 6.07) is 41.4. The van der Waals surface area contributed by atoms with Crippen molar-refractivity contribution in [3.8, 4) is 23.5 Å². The van der Waals surface area contributed by atoms with Crippen LogP contribution in [-0.4, -0.2) is 9.13 Å². The van der Waals surface area contributed by atoms with Gasteiger partial charge < -0.3 is 9.13 Å². The van der Waals surface area contributed by atoms with Crippen molar-refractivity contribution in [2.45, 2.75) is 0 Å². The van der Waals surface area contributed by atoms with Crippen LogP contribution >= 0.6 is 0 Å². The molecule has 0 saturated heterocycles. The summed E-state index contributed by atoms with van der Waals surface area (Å²) in [5, 5.41) is 23.9. The van der Waals surface area contributed by atoms with Crippen LogP contribution in [0.2, 0.25) is 0 Å². The van der Waals surface area contributed by atoms with Crippen LogP contribution in [0, 0.1) is 22.7 Å². The molecule has 166 valence electrons. The molecule has 0 atom stereocenters. The molecule has 7 rings (SSSR count). The summed E-state index contributed by atoms with van der Waals surface area (Å²) in [4.78, 5) is 0. The number of fused-ring (bicyclic) bond motifs is 7. The molecule has 0 aliphatic carbocycles. The smallest absolute Gasteiger partial charge is 0.0992 e. The van der Waals surface area contributed by atoms with E-state index in [4.69, 9.17) is 0 Å². The van der Waals surface area contributed by atoms with E-state index in [1.165, 1.54) is 10.8 Å². The minimum absolute atomic E-state index is 0.467. The summed E-state index contributed by atoms with van der Waals surface area (Å²) < 4.78 is 4.51. The Morgan fingerprint density at radius 2 is 1.08 bits per heavy atom. The molecule has 2 aromatic heterocycles. The molecule has 0 unspecified atom stereocenters. The fraction of sp³-hybridized carbons (Fsp3) is 0. The first-order chi connectivity index (χ1) is 17.8. The molecule has 0 bridgehead atoms. The van der Waals surface area contributed by atoms with Crippen LogP contribution in [0.15, 0.2) is 109 Å². The maximum atomic E-state index is 9.62. The highest BCUT2D eigenvalue weighted by atomic mass is 15.0. The Morgan fingerprint density at radius 3 is 1.78 bits per heavy atom. The quantitative estimate of drug-likeness (QED) is 0.267. The van der Waals surface area contributed by atoms with Gasteiger partial charge in [0.05, 0.1) is 45.3 Å². The van der Waals surface area contributed by atoms with Crippen molar-refractivity contribution < 1.29 is 0 Å². The maximum absolute atomic E-state index is 9.62. The molecule has 7 aromatic rings. The minimum Gasteiger partial charge on any atom is -0.309 e. The highest BCUT2D eigenvalue weighted by molar-refractivity contribution is 6.26. The van der Waals surface area contributed by atoms with E-state index < -0.39 is 0 Å². The molecule has 0 spiro atoms. The number of aromatic nitrogens is 2. The zero-order valence-corrected chi connectivity index (χ0v) is 19.2. The Labute approximate surface area is 207 Å². The SMILES string of the molecule is N#Cc1cc(C#N)cc(-n2c3ccccc3c3c2ccc2c4ccccc4n(-c4ccccc4)c23)c1. The van der Waals surface area contributed by atoms with Gasteiger partial charge in [-0.15, -0.1) is 0 Å². The molecule has 5 aromatic carbocycles. The predicted molar refractivity (Wildman–Crippen MR) is 145 cm³/mol. The Bertz CT molecular complexity index is 2030. The Balaban J connectivity index is 1.73. The summed E-state index contributed by atoms with van der Waals surface area (Å²) in [6.07, 6.45) is 0. The van der Waals surface area contributed by atoms with Crippen molar-refractivity contribution in [3.63, 3.8) is 0 Å². The van der Waals surface area contributed by atoms with E-state index >= 15 is 0 Å². The van der Waals surface area contributed by atoms with Crippen molar-refractivity contribution in [2.24, 2.45) is 0 Å². The molecular weight excluding hydrogens is 440 g/mol. The molecule has 0 saturated carbocycles. The normalized spacial score (nSPS) is 11.3. The van der Waals surface area contributed by atoms with Gasteiger partial charge in [0, 0.05) is 32.9 Å². The maximum Gasteiger partial charge on any atom is 0.0992 e. The molecule has 0 aliphatic rings. The van der Waals surface area contributed by atoms with E-state index in [0.717, 1.165) is 44.2 Å². The number of nitriles is 2. The summed E-state index contributed by atoms with van der Waals surface area (Å²) in [7, 11) is 0. The fourth-order valence-corrected chi connectivity index (χ4v) is 5.50. The molecule has 0 aliphatic heterocycles. The largest absolute Gasteiger partial charge is 0.309 e. The highest BCUT2D eigenvalue weighted by Gasteiger charge is 2.20. The zero-order chi connectivity index (χ0) is 24.2. The molecule has 0 N–H and O–H groups in total. The van der Waals surface area contributed by atoms with Gasteiger partial charge in [-0.3, -0.25) is 0 Å². The molecular formula is C32H18N4. The second-order valence-electron chi connectivity index (χ2n) is 8.89. The summed E-state index contributed by atoms with van der Waals surface area (Å²) >= 11 is 0. The van der Waals surface area contributed by atoms with Crippen molar-refractivity contribution in [1.82, 2.24) is 9.13 Å². The highest BCUT2D eigenvalue weighted by Crippen LogP contribution is 2.41. The molecule has 4 nitrogen and oxygen atoms in total. The van der Waals surface area contributed by atoms with E-state index in [9.17, 15) is 10.5 Å². The third kappa shape index (κ3) is 2.73. The number of hydrogen-bond donors (Lipinski definition) is 0. The molecule has 4 heteroatoms. The molecule has 2 heterocycles. The third-order valence-electron chi connectivity index (χ3n) is 6.92. The van der Waals surface area contributed by atoms with Crippen LogP contribution in [0.3, 0.4) is 0 Å². The topological polar surface area (TPSA) is 57.4 Å². The van der Waals surface area contributed by atoms with Gasteiger partial charge in [0.25, 0.3) is 0 Å². The summed E-state index contributed by atoms with van der Waals surface area (Å²) in [5.41, 5.74) is 7.20. The van der Waals surface area contributed by atoms with Crippen LogP contribution in [0.5, 0.6) is 0 Å². The third-order valence-corrected chi connectivity index (χ3v) is 6.92. The Morgan fingerprint density at radius 1 is 0.472 bits per heavy atom. The monoisotopic (exact) mass is 458 g/mol. The van der Waals surface area contributed by atoms with E-state index in [2.05, 4.69) is 100 Å². The minimum atomic E-state index is 0.467. The van der Waals surface area contributed by atoms with E-state index in [-0.39, 0.29) is 0 Å². The second kappa shape index (κ2) is 7.60. The van der Waals surface area contributed by atoms with Crippen LogP contribution in [-0.2, 0) is 0 Å². The number of benzene rings is 5. The van der Waals surface area contributed by atoms with Crippen molar-refractivity contribution in [3.05, 3.63) is 120 Å². The van der Waals surface area contributed by atoms with E-state index in [0.29, 0.717) is 11.1 Å². The van der Waals surface area contributed by atoms with Crippen LogP contribution in [0.25, 0.3) is 55.0 Å². The predicted octanol–water partition coefficient (Wildman–Crippen LogP) is 7.62.